The Bertz CT molecular complexity index is 492. The van der Waals surface area contributed by atoms with Gasteiger partial charge >= 0.3 is 0 Å². The highest BCUT2D eigenvalue weighted by molar-refractivity contribution is 5.20. The van der Waals surface area contributed by atoms with Gasteiger partial charge in [0.1, 0.15) is 0 Å². The van der Waals surface area contributed by atoms with Crippen LogP contribution in [0.25, 0.3) is 0 Å². The van der Waals surface area contributed by atoms with Gasteiger partial charge < -0.3 is 9.64 Å². The Kier molecular flexibility index (Phi) is 5.55. The Balaban J connectivity index is 1.68. The molecule has 2 nitrogen and oxygen atoms in total. The number of hydrogen-bond acceptors (Lipinski definition) is 2. The van der Waals surface area contributed by atoms with Gasteiger partial charge in [-0.15, -0.1) is 6.58 Å². The van der Waals surface area contributed by atoms with E-state index in [1.807, 2.05) is 7.11 Å². The van der Waals surface area contributed by atoms with Crippen molar-refractivity contribution in [1.29, 1.82) is 0 Å². The fraction of sp³-hybridized carbons (Fsp3) is 0.619. The van der Waals surface area contributed by atoms with Gasteiger partial charge in [-0.1, -0.05) is 36.4 Å². The molecule has 3 aliphatic rings. The van der Waals surface area contributed by atoms with Crippen LogP contribution < -0.4 is 0 Å². The molecule has 0 aliphatic carbocycles. The first kappa shape index (κ1) is 16.7. The molecule has 4 rings (SSSR count). The summed E-state index contributed by atoms with van der Waals surface area (Å²) in [5, 5.41) is 0. The Morgan fingerprint density at radius 3 is 2.57 bits per heavy atom. The fourth-order valence-corrected chi connectivity index (χ4v) is 4.68. The topological polar surface area (TPSA) is 12.5 Å². The Labute approximate surface area is 141 Å². The summed E-state index contributed by atoms with van der Waals surface area (Å²) >= 11 is 0. The van der Waals surface area contributed by atoms with Crippen LogP contribution in [-0.4, -0.2) is 37.2 Å². The Morgan fingerprint density at radius 2 is 2.00 bits per heavy atom. The zero-order valence-corrected chi connectivity index (χ0v) is 14.5. The highest BCUT2D eigenvalue weighted by atomic mass is 16.5. The molecule has 1 aromatic carbocycles. The van der Waals surface area contributed by atoms with Crippen LogP contribution in [0.3, 0.4) is 0 Å². The predicted molar refractivity (Wildman–Crippen MR) is 96.8 cm³/mol. The molecule has 2 atom stereocenters. The number of methoxy groups -OCH3 is 1. The standard InChI is InChI=1S/C21H31NO/c1-3-4-8-19(18-9-6-5-7-10-18)11-14-21(23-2)17-22-15-12-20(21)13-16-22/h3,5-7,9-10,19-20H,1,4,8,11-17H2,2H3/t19?,21-/m0/s1. The normalized spacial score (nSPS) is 31.0. The lowest BCUT2D eigenvalue weighted by Gasteiger charge is -2.53. The van der Waals surface area contributed by atoms with E-state index in [-0.39, 0.29) is 5.60 Å². The Hall–Kier alpha value is -1.12. The molecule has 1 aromatic rings. The molecule has 2 bridgehead atoms. The second-order valence-electron chi connectivity index (χ2n) is 7.33. The molecule has 0 spiro atoms. The second kappa shape index (κ2) is 7.63. The molecule has 3 fully saturated rings. The highest BCUT2D eigenvalue weighted by Gasteiger charge is 2.46. The van der Waals surface area contributed by atoms with Gasteiger partial charge in [0.2, 0.25) is 0 Å². The van der Waals surface area contributed by atoms with Crippen LogP contribution in [0.15, 0.2) is 43.0 Å². The van der Waals surface area contributed by atoms with Crippen molar-refractivity contribution in [3.63, 3.8) is 0 Å². The minimum absolute atomic E-state index is 0.0949. The highest BCUT2D eigenvalue weighted by Crippen LogP contribution is 2.42. The molecule has 23 heavy (non-hydrogen) atoms. The van der Waals surface area contributed by atoms with Crippen molar-refractivity contribution in [3.05, 3.63) is 48.6 Å². The van der Waals surface area contributed by atoms with E-state index in [4.69, 9.17) is 4.74 Å². The lowest BCUT2D eigenvalue weighted by atomic mass is 9.71. The summed E-state index contributed by atoms with van der Waals surface area (Å²) < 4.78 is 6.14. The van der Waals surface area contributed by atoms with Gasteiger partial charge in [0, 0.05) is 13.7 Å². The van der Waals surface area contributed by atoms with E-state index in [0.29, 0.717) is 5.92 Å². The number of hydrogen-bond donors (Lipinski definition) is 0. The summed E-state index contributed by atoms with van der Waals surface area (Å²) in [4.78, 5) is 2.60. The summed E-state index contributed by atoms with van der Waals surface area (Å²) in [7, 11) is 1.93. The molecule has 0 N–H and O–H groups in total. The van der Waals surface area contributed by atoms with Gasteiger partial charge in [-0.25, -0.2) is 0 Å². The maximum atomic E-state index is 6.14. The van der Waals surface area contributed by atoms with E-state index in [0.717, 1.165) is 18.9 Å². The molecule has 126 valence electrons. The van der Waals surface area contributed by atoms with Crippen LogP contribution in [-0.2, 0) is 4.74 Å². The van der Waals surface area contributed by atoms with Gasteiger partial charge in [-0.05, 0) is 69.0 Å². The summed E-state index contributed by atoms with van der Waals surface area (Å²) in [6, 6.07) is 11.0. The monoisotopic (exact) mass is 313 g/mol. The minimum Gasteiger partial charge on any atom is -0.377 e. The van der Waals surface area contributed by atoms with Gasteiger partial charge in [0.25, 0.3) is 0 Å². The molecule has 0 amide bonds. The van der Waals surface area contributed by atoms with E-state index in [2.05, 4.69) is 47.9 Å². The van der Waals surface area contributed by atoms with Gasteiger partial charge in [0.15, 0.2) is 0 Å². The van der Waals surface area contributed by atoms with Crippen molar-refractivity contribution in [3.8, 4) is 0 Å². The molecular formula is C21H31NO. The van der Waals surface area contributed by atoms with Gasteiger partial charge in [-0.2, -0.15) is 0 Å². The first-order valence-electron chi connectivity index (χ1n) is 9.21. The third-order valence-electron chi connectivity index (χ3n) is 6.14. The van der Waals surface area contributed by atoms with Crippen molar-refractivity contribution in [2.24, 2.45) is 5.92 Å². The van der Waals surface area contributed by atoms with Gasteiger partial charge in [0.05, 0.1) is 5.60 Å². The number of nitrogens with zero attached hydrogens (tertiary/aromatic N) is 1. The molecule has 0 aromatic heterocycles. The second-order valence-corrected chi connectivity index (χ2v) is 7.33. The minimum atomic E-state index is 0.0949. The van der Waals surface area contributed by atoms with Crippen molar-refractivity contribution < 1.29 is 4.74 Å². The quantitative estimate of drug-likeness (QED) is 0.649. The largest absolute Gasteiger partial charge is 0.377 e. The molecule has 1 unspecified atom stereocenters. The average molecular weight is 313 g/mol. The maximum Gasteiger partial charge on any atom is 0.0834 e. The fourth-order valence-electron chi connectivity index (χ4n) is 4.68. The molecule has 3 saturated heterocycles. The average Bonchev–Trinajstić information content (AvgIpc) is 2.63. The lowest BCUT2D eigenvalue weighted by Crippen LogP contribution is -2.60. The molecule has 3 aliphatic heterocycles. The van der Waals surface area contributed by atoms with Crippen LogP contribution in [0.2, 0.25) is 0 Å². The molecule has 2 heteroatoms. The van der Waals surface area contributed by atoms with E-state index in [9.17, 15) is 0 Å². The van der Waals surface area contributed by atoms with E-state index < -0.39 is 0 Å². The number of fused-ring (bicyclic) bond motifs is 3. The van der Waals surface area contributed by atoms with E-state index in [1.165, 1.54) is 50.8 Å². The van der Waals surface area contributed by atoms with Crippen LogP contribution in [0, 0.1) is 5.92 Å². The number of allylic oxidation sites excluding steroid dienone is 1. The third-order valence-corrected chi connectivity index (χ3v) is 6.14. The lowest BCUT2D eigenvalue weighted by molar-refractivity contribution is -0.140. The van der Waals surface area contributed by atoms with Crippen molar-refractivity contribution >= 4 is 0 Å². The molecule has 0 radical (unpaired) electrons. The van der Waals surface area contributed by atoms with Crippen molar-refractivity contribution in [2.45, 2.75) is 50.0 Å². The number of rotatable bonds is 8. The summed E-state index contributed by atoms with van der Waals surface area (Å²) in [5.74, 6) is 1.38. The summed E-state index contributed by atoms with van der Waals surface area (Å²) in [6.45, 7) is 7.59. The summed E-state index contributed by atoms with van der Waals surface area (Å²) in [5.41, 5.74) is 1.57. The van der Waals surface area contributed by atoms with Crippen LogP contribution in [0.5, 0.6) is 0 Å². The SMILES string of the molecule is C=CCCC(CC[C@]1(OC)CN2CCC1CC2)c1ccccc1. The van der Waals surface area contributed by atoms with E-state index in [1.54, 1.807) is 0 Å². The number of piperidine rings is 3. The van der Waals surface area contributed by atoms with Crippen LogP contribution in [0.1, 0.15) is 50.0 Å². The zero-order chi connectivity index (χ0) is 16.1. The van der Waals surface area contributed by atoms with Crippen molar-refractivity contribution in [2.75, 3.05) is 26.7 Å². The van der Waals surface area contributed by atoms with Crippen molar-refractivity contribution in [1.82, 2.24) is 4.90 Å². The molecule has 0 saturated carbocycles. The van der Waals surface area contributed by atoms with Crippen LogP contribution in [0.4, 0.5) is 0 Å². The molecule has 3 heterocycles. The van der Waals surface area contributed by atoms with E-state index >= 15 is 0 Å². The summed E-state index contributed by atoms with van der Waals surface area (Å²) in [6.07, 6.45) is 9.37. The number of ether oxygens (including phenoxy) is 1. The maximum absolute atomic E-state index is 6.14. The third kappa shape index (κ3) is 3.70. The Morgan fingerprint density at radius 1 is 1.26 bits per heavy atom. The smallest absolute Gasteiger partial charge is 0.0834 e. The van der Waals surface area contributed by atoms with Crippen LogP contribution >= 0.6 is 0 Å². The van der Waals surface area contributed by atoms with Gasteiger partial charge in [-0.3, -0.25) is 0 Å². The predicted octanol–water partition coefficient (Wildman–Crippen LogP) is 4.63. The number of benzene rings is 1. The zero-order valence-electron chi connectivity index (χ0n) is 14.5. The first-order chi connectivity index (χ1) is 11.3. The molecular weight excluding hydrogens is 282 g/mol. The first-order valence-corrected chi connectivity index (χ1v) is 9.21.